The van der Waals surface area contributed by atoms with Crippen molar-refractivity contribution in [3.63, 3.8) is 0 Å². The molecule has 2 aromatic rings. The van der Waals surface area contributed by atoms with Gasteiger partial charge in [-0.1, -0.05) is 17.7 Å². The third-order valence-corrected chi connectivity index (χ3v) is 5.00. The van der Waals surface area contributed by atoms with Gasteiger partial charge in [0.05, 0.1) is 13.0 Å². The van der Waals surface area contributed by atoms with E-state index in [0.717, 1.165) is 33.4 Å². The summed E-state index contributed by atoms with van der Waals surface area (Å²) in [5.41, 5.74) is 2.64. The molecule has 1 atom stereocenters. The molecule has 6 nitrogen and oxygen atoms in total. The molecule has 152 valence electrons. The van der Waals surface area contributed by atoms with Gasteiger partial charge < -0.3 is 15.5 Å². The van der Waals surface area contributed by atoms with Crippen molar-refractivity contribution in [3.05, 3.63) is 45.9 Å². The first-order chi connectivity index (χ1) is 13.1. The number of thiazole rings is 1. The van der Waals surface area contributed by atoms with Gasteiger partial charge in [0.1, 0.15) is 17.2 Å². The molecule has 1 aromatic heterocycles. The van der Waals surface area contributed by atoms with E-state index in [2.05, 4.69) is 22.5 Å². The SMILES string of the molecule is CC[NH+](CC(=O)NC(C)(C)C)Cc1csc(CC(=O)Nc2ccc(C)cc2)n1. The molecule has 1 unspecified atom stereocenters. The second-order valence-electron chi connectivity index (χ2n) is 8.08. The molecule has 0 radical (unpaired) electrons. The van der Waals surface area contributed by atoms with E-state index in [-0.39, 0.29) is 23.8 Å². The van der Waals surface area contributed by atoms with Crippen LogP contribution < -0.4 is 15.5 Å². The van der Waals surface area contributed by atoms with Crippen molar-refractivity contribution in [2.24, 2.45) is 0 Å². The summed E-state index contributed by atoms with van der Waals surface area (Å²) < 4.78 is 0. The summed E-state index contributed by atoms with van der Waals surface area (Å²) in [7, 11) is 0. The number of quaternary nitrogens is 1. The van der Waals surface area contributed by atoms with Gasteiger partial charge in [-0.25, -0.2) is 4.98 Å². The number of amides is 2. The van der Waals surface area contributed by atoms with Gasteiger partial charge in [-0.3, -0.25) is 9.59 Å². The summed E-state index contributed by atoms with van der Waals surface area (Å²) in [4.78, 5) is 30.1. The van der Waals surface area contributed by atoms with Crippen molar-refractivity contribution in [1.29, 1.82) is 0 Å². The van der Waals surface area contributed by atoms with Crippen molar-refractivity contribution in [2.45, 2.75) is 53.1 Å². The van der Waals surface area contributed by atoms with Gasteiger partial charge in [-0.15, -0.1) is 11.3 Å². The van der Waals surface area contributed by atoms with E-state index < -0.39 is 0 Å². The number of carbonyl (C=O) groups excluding carboxylic acids is 2. The van der Waals surface area contributed by atoms with Gasteiger partial charge in [-0.2, -0.15) is 0 Å². The van der Waals surface area contributed by atoms with Crippen LogP contribution in [0.1, 0.15) is 44.0 Å². The summed E-state index contributed by atoms with van der Waals surface area (Å²) >= 11 is 1.49. The number of benzene rings is 1. The third kappa shape index (κ3) is 7.78. The van der Waals surface area contributed by atoms with Crippen molar-refractivity contribution in [2.75, 3.05) is 18.4 Å². The molecule has 1 aromatic carbocycles. The lowest BCUT2D eigenvalue weighted by atomic mass is 10.1. The monoisotopic (exact) mass is 403 g/mol. The zero-order valence-corrected chi connectivity index (χ0v) is 18.2. The molecule has 0 bridgehead atoms. The highest BCUT2D eigenvalue weighted by Crippen LogP contribution is 2.12. The number of likely N-dealkylation sites (N-methyl/N-ethyl adjacent to an activating group) is 1. The average molecular weight is 404 g/mol. The molecule has 0 aliphatic carbocycles. The maximum absolute atomic E-state index is 12.2. The normalized spacial score (nSPS) is 12.5. The molecule has 0 fully saturated rings. The maximum Gasteiger partial charge on any atom is 0.275 e. The molecular weight excluding hydrogens is 372 g/mol. The Morgan fingerprint density at radius 3 is 2.43 bits per heavy atom. The van der Waals surface area contributed by atoms with E-state index in [0.29, 0.717) is 13.1 Å². The number of carbonyl (C=O) groups is 2. The Morgan fingerprint density at radius 1 is 1.14 bits per heavy atom. The summed E-state index contributed by atoms with van der Waals surface area (Å²) in [6.45, 7) is 11.9. The Balaban J connectivity index is 1.87. The lowest BCUT2D eigenvalue weighted by molar-refractivity contribution is -0.904. The first-order valence-corrected chi connectivity index (χ1v) is 10.5. The summed E-state index contributed by atoms with van der Waals surface area (Å²) in [5, 5.41) is 8.66. The Morgan fingerprint density at radius 2 is 1.82 bits per heavy atom. The average Bonchev–Trinajstić information content (AvgIpc) is 3.01. The predicted molar refractivity (Wildman–Crippen MR) is 114 cm³/mol. The standard InChI is InChI=1S/C21H30N4O2S/c1-6-25(13-19(27)24-21(3,4)5)12-17-14-28-20(23-17)11-18(26)22-16-9-7-15(2)8-10-16/h7-10,14H,6,11-13H2,1-5H3,(H,22,26)(H,24,27)/p+1. The minimum Gasteiger partial charge on any atom is -0.347 e. The third-order valence-electron chi connectivity index (χ3n) is 4.10. The largest absolute Gasteiger partial charge is 0.347 e. The number of nitrogens with zero attached hydrogens (tertiary/aromatic N) is 1. The highest BCUT2D eigenvalue weighted by Gasteiger charge is 2.19. The molecular formula is C21H31N4O2S+. The van der Waals surface area contributed by atoms with Gasteiger partial charge in [-0.05, 0) is 46.8 Å². The van der Waals surface area contributed by atoms with Crippen LogP contribution in [0.25, 0.3) is 0 Å². The Hall–Kier alpha value is -2.25. The second-order valence-corrected chi connectivity index (χ2v) is 9.02. The maximum atomic E-state index is 12.2. The Bertz CT molecular complexity index is 793. The molecule has 3 N–H and O–H groups in total. The van der Waals surface area contributed by atoms with Gasteiger partial charge in [0.2, 0.25) is 5.91 Å². The van der Waals surface area contributed by atoms with Crippen LogP contribution in [0, 0.1) is 6.92 Å². The van der Waals surface area contributed by atoms with Crippen LogP contribution in [0.3, 0.4) is 0 Å². The smallest absolute Gasteiger partial charge is 0.275 e. The van der Waals surface area contributed by atoms with Crippen LogP contribution in [-0.2, 0) is 22.6 Å². The minimum absolute atomic E-state index is 0.0391. The van der Waals surface area contributed by atoms with Crippen molar-refractivity contribution < 1.29 is 14.5 Å². The number of aromatic nitrogens is 1. The first-order valence-electron chi connectivity index (χ1n) is 9.59. The number of hydrogen-bond acceptors (Lipinski definition) is 4. The minimum atomic E-state index is -0.228. The Labute approximate surface area is 171 Å². The molecule has 0 saturated carbocycles. The van der Waals surface area contributed by atoms with E-state index in [4.69, 9.17) is 0 Å². The highest BCUT2D eigenvalue weighted by atomic mass is 32.1. The lowest BCUT2D eigenvalue weighted by Crippen LogP contribution is -3.11. The zero-order valence-electron chi connectivity index (χ0n) is 17.4. The van der Waals surface area contributed by atoms with Crippen molar-refractivity contribution in [3.8, 4) is 0 Å². The fraction of sp³-hybridized carbons (Fsp3) is 0.476. The molecule has 2 amide bonds. The number of aryl methyl sites for hydroxylation is 1. The number of anilines is 1. The van der Waals surface area contributed by atoms with E-state index >= 15 is 0 Å². The summed E-state index contributed by atoms with van der Waals surface area (Å²) in [5.74, 6) is -0.0359. The van der Waals surface area contributed by atoms with E-state index in [9.17, 15) is 9.59 Å². The molecule has 0 aliphatic heterocycles. The summed E-state index contributed by atoms with van der Waals surface area (Å²) in [6, 6.07) is 7.72. The van der Waals surface area contributed by atoms with E-state index in [1.54, 1.807) is 0 Å². The Kier molecular flexibility index (Phi) is 7.71. The number of rotatable bonds is 8. The van der Waals surface area contributed by atoms with Crippen LogP contribution in [-0.4, -0.2) is 35.4 Å². The van der Waals surface area contributed by atoms with Gasteiger partial charge >= 0.3 is 0 Å². The summed E-state index contributed by atoms with van der Waals surface area (Å²) in [6.07, 6.45) is 0.254. The van der Waals surface area contributed by atoms with Crippen LogP contribution in [0.4, 0.5) is 5.69 Å². The fourth-order valence-electron chi connectivity index (χ4n) is 2.75. The van der Waals surface area contributed by atoms with Gasteiger partial charge in [0, 0.05) is 16.6 Å². The van der Waals surface area contributed by atoms with E-state index in [1.807, 2.05) is 57.3 Å². The predicted octanol–water partition coefficient (Wildman–Crippen LogP) is 1.95. The fourth-order valence-corrected chi connectivity index (χ4v) is 3.54. The molecule has 0 spiro atoms. The molecule has 28 heavy (non-hydrogen) atoms. The van der Waals surface area contributed by atoms with Crippen molar-refractivity contribution in [1.82, 2.24) is 10.3 Å². The molecule has 0 aliphatic rings. The zero-order chi connectivity index (χ0) is 20.7. The highest BCUT2D eigenvalue weighted by molar-refractivity contribution is 7.09. The first kappa shape index (κ1) is 22.0. The molecule has 1 heterocycles. The topological polar surface area (TPSA) is 75.5 Å². The van der Waals surface area contributed by atoms with Crippen LogP contribution in [0.5, 0.6) is 0 Å². The van der Waals surface area contributed by atoms with E-state index in [1.165, 1.54) is 11.3 Å². The van der Waals surface area contributed by atoms with Gasteiger partial charge in [0.25, 0.3) is 5.91 Å². The number of hydrogen-bond donors (Lipinski definition) is 3. The van der Waals surface area contributed by atoms with Crippen LogP contribution in [0.15, 0.2) is 29.6 Å². The van der Waals surface area contributed by atoms with Crippen molar-refractivity contribution >= 4 is 28.8 Å². The van der Waals surface area contributed by atoms with Crippen LogP contribution in [0.2, 0.25) is 0 Å². The quantitative estimate of drug-likeness (QED) is 0.631. The second kappa shape index (κ2) is 9.80. The molecule has 7 heteroatoms. The molecule has 0 saturated heterocycles. The van der Waals surface area contributed by atoms with Gasteiger partial charge in [0.15, 0.2) is 6.54 Å². The lowest BCUT2D eigenvalue weighted by Gasteiger charge is -2.22. The molecule has 2 rings (SSSR count). The number of nitrogens with one attached hydrogen (secondary N) is 3. The van der Waals surface area contributed by atoms with Crippen LogP contribution >= 0.6 is 11.3 Å².